The number of nitrogens with zero attached hydrogens (tertiary/aromatic N) is 3. The molecule has 0 aromatic heterocycles. The second-order valence-electron chi connectivity index (χ2n) is 15.8. The van der Waals surface area contributed by atoms with Gasteiger partial charge in [-0.1, -0.05) is 133 Å². The smallest absolute Gasteiger partial charge is 0.329 e. The molecule has 0 N–H and O–H groups in total. The fraction of sp³-hybridized carbons (Fsp3) is 0.467. The van der Waals surface area contributed by atoms with Crippen LogP contribution in [-0.4, -0.2) is 108 Å². The molecule has 4 rings (SSSR count). The average Bonchev–Trinajstić information content (AvgIpc) is 3.19. The monoisotopic (exact) mass is 783 g/mol. The summed E-state index contributed by atoms with van der Waals surface area (Å²) < 4.78 is 18.1. The van der Waals surface area contributed by atoms with Gasteiger partial charge in [-0.05, 0) is 34.4 Å². The van der Waals surface area contributed by atoms with E-state index in [4.69, 9.17) is 14.2 Å². The Balaban J connectivity index is 1.88. The van der Waals surface area contributed by atoms with E-state index in [2.05, 4.69) is 0 Å². The van der Waals surface area contributed by atoms with E-state index >= 15 is 0 Å². The molecule has 1 fully saturated rings. The zero-order valence-corrected chi connectivity index (χ0v) is 34.5. The Morgan fingerprint density at radius 3 is 0.807 bits per heavy atom. The number of hydrogen-bond acceptors (Lipinski definition) is 9. The van der Waals surface area contributed by atoms with Crippen molar-refractivity contribution in [2.24, 2.45) is 17.8 Å². The first-order chi connectivity index (χ1) is 27.0. The van der Waals surface area contributed by atoms with Crippen molar-refractivity contribution in [3.63, 3.8) is 0 Å². The summed E-state index contributed by atoms with van der Waals surface area (Å²) in [6.45, 7) is 10.3. The summed E-state index contributed by atoms with van der Waals surface area (Å²) in [6, 6.07) is 23.4. The van der Waals surface area contributed by atoms with Gasteiger partial charge in [-0.25, -0.2) is 14.4 Å². The minimum absolute atomic E-state index is 0.0307. The van der Waals surface area contributed by atoms with Crippen molar-refractivity contribution in [3.05, 3.63) is 108 Å². The Bertz CT molecular complexity index is 1620. The zero-order chi connectivity index (χ0) is 42.0. The summed E-state index contributed by atoms with van der Waals surface area (Å²) in [5, 5.41) is 0. The summed E-state index contributed by atoms with van der Waals surface area (Å²) in [6.07, 6.45) is -3.99. The number of rotatable bonds is 9. The average molecular weight is 784 g/mol. The third-order valence-corrected chi connectivity index (χ3v) is 10.4. The molecule has 12 heteroatoms. The number of carbonyl (C=O) groups is 6. The molecule has 6 atom stereocenters. The Morgan fingerprint density at radius 2 is 0.614 bits per heavy atom. The van der Waals surface area contributed by atoms with Crippen LogP contribution in [-0.2, 0) is 62.2 Å². The standard InChI is InChI=1S/C45H57N3O9/c1-28(2)37-40(49)46(7)35(26-32-21-15-11-16-22-32)44(53)56-39(30(5)6)42(51)48(9)36(27-33-23-17-12-18-24-33)45(54)57-38(29(3)4)41(50)47(8)34(43(52)55-37)25-31-19-13-10-14-20-31/h10-24,28-30,34-39H,25-27H2,1-9H3/t34-,35-,36-,37-,38-,39-/m0/s1. The SMILES string of the molecule is CC(C)[C@@H]1OC(=O)[C@H](Cc2ccccc2)N(C)C(=O)[C@H](C(C)C)OC(=O)[C@H](Cc2ccccc2)N(C)C(=O)[C@H](C(C)C)OC(=O)[C@H](Cc2ccccc2)N(C)C1=O. The zero-order valence-electron chi connectivity index (χ0n) is 34.5. The van der Waals surface area contributed by atoms with Gasteiger partial charge in [0.15, 0.2) is 18.3 Å². The van der Waals surface area contributed by atoms with E-state index in [1.807, 2.05) is 18.2 Å². The fourth-order valence-electron chi connectivity index (χ4n) is 6.74. The van der Waals surface area contributed by atoms with Gasteiger partial charge >= 0.3 is 17.9 Å². The minimum Gasteiger partial charge on any atom is -0.450 e. The largest absolute Gasteiger partial charge is 0.450 e. The number of benzene rings is 3. The molecule has 1 aliphatic heterocycles. The van der Waals surface area contributed by atoms with Crippen LogP contribution >= 0.6 is 0 Å². The number of amides is 3. The van der Waals surface area contributed by atoms with Gasteiger partial charge in [-0.15, -0.1) is 0 Å². The minimum atomic E-state index is -1.36. The number of cyclic esters (lactones) is 3. The van der Waals surface area contributed by atoms with Crippen LogP contribution in [0.2, 0.25) is 0 Å². The first kappa shape index (κ1) is 44.2. The maximum Gasteiger partial charge on any atom is 0.329 e. The molecule has 1 aliphatic rings. The van der Waals surface area contributed by atoms with Crippen LogP contribution in [0.4, 0.5) is 0 Å². The number of ether oxygens (including phenoxy) is 3. The van der Waals surface area contributed by atoms with Crippen LogP contribution in [0.25, 0.3) is 0 Å². The fourth-order valence-corrected chi connectivity index (χ4v) is 6.74. The third-order valence-electron chi connectivity index (χ3n) is 10.4. The highest BCUT2D eigenvalue weighted by Gasteiger charge is 2.44. The number of esters is 3. The molecule has 12 nitrogen and oxygen atoms in total. The van der Waals surface area contributed by atoms with Crippen molar-refractivity contribution < 1.29 is 43.0 Å². The summed E-state index contributed by atoms with van der Waals surface area (Å²) in [4.78, 5) is 89.9. The van der Waals surface area contributed by atoms with Crippen LogP contribution in [0.5, 0.6) is 0 Å². The number of hydrogen-bond donors (Lipinski definition) is 0. The quantitative estimate of drug-likeness (QED) is 0.219. The highest BCUT2D eigenvalue weighted by molar-refractivity contribution is 5.94. The summed E-state index contributed by atoms with van der Waals surface area (Å²) in [7, 11) is 4.31. The van der Waals surface area contributed by atoms with Crippen molar-refractivity contribution in [3.8, 4) is 0 Å². The van der Waals surface area contributed by atoms with E-state index in [0.717, 1.165) is 16.7 Å². The van der Waals surface area contributed by atoms with Gasteiger partial charge in [0.2, 0.25) is 0 Å². The normalized spacial score (nSPS) is 23.7. The molecule has 3 aromatic carbocycles. The molecule has 0 unspecified atom stereocenters. The van der Waals surface area contributed by atoms with E-state index in [-0.39, 0.29) is 19.3 Å². The second kappa shape index (κ2) is 20.1. The lowest BCUT2D eigenvalue weighted by Crippen LogP contribution is -2.56. The van der Waals surface area contributed by atoms with Crippen LogP contribution in [0.3, 0.4) is 0 Å². The molecular formula is C45H57N3O9. The van der Waals surface area contributed by atoms with Crippen LogP contribution in [0, 0.1) is 17.8 Å². The van der Waals surface area contributed by atoms with Gasteiger partial charge in [-0.3, -0.25) is 14.4 Å². The highest BCUT2D eigenvalue weighted by atomic mass is 16.6. The summed E-state index contributed by atoms with van der Waals surface area (Å²) in [5.41, 5.74) is 2.16. The maximum atomic E-state index is 14.4. The topological polar surface area (TPSA) is 140 Å². The lowest BCUT2D eigenvalue weighted by Gasteiger charge is -2.37. The molecule has 3 aromatic rings. The summed E-state index contributed by atoms with van der Waals surface area (Å²) in [5.74, 6) is -6.18. The van der Waals surface area contributed by atoms with Crippen molar-refractivity contribution in [2.45, 2.75) is 97.2 Å². The lowest BCUT2D eigenvalue weighted by molar-refractivity contribution is -0.179. The summed E-state index contributed by atoms with van der Waals surface area (Å²) >= 11 is 0. The van der Waals surface area contributed by atoms with E-state index in [1.165, 1.54) is 35.8 Å². The van der Waals surface area contributed by atoms with Crippen molar-refractivity contribution in [1.82, 2.24) is 14.7 Å². The predicted octanol–water partition coefficient (Wildman–Crippen LogP) is 4.91. The molecule has 1 heterocycles. The van der Waals surface area contributed by atoms with Crippen LogP contribution in [0.1, 0.15) is 58.2 Å². The molecule has 0 aliphatic carbocycles. The second-order valence-corrected chi connectivity index (χ2v) is 15.8. The van der Waals surface area contributed by atoms with Gasteiger partial charge in [0, 0.05) is 40.4 Å². The third kappa shape index (κ3) is 11.3. The highest BCUT2D eigenvalue weighted by Crippen LogP contribution is 2.24. The Labute approximate surface area is 336 Å². The van der Waals surface area contributed by atoms with Crippen molar-refractivity contribution in [2.75, 3.05) is 21.1 Å². The maximum absolute atomic E-state index is 14.4. The molecule has 57 heavy (non-hydrogen) atoms. The molecular weight excluding hydrogens is 727 g/mol. The van der Waals surface area contributed by atoms with E-state index in [9.17, 15) is 28.8 Å². The number of likely N-dealkylation sites (N-methyl/N-ethyl adjacent to an activating group) is 3. The molecule has 306 valence electrons. The van der Waals surface area contributed by atoms with Gasteiger partial charge in [-0.2, -0.15) is 0 Å². The molecule has 3 amide bonds. The van der Waals surface area contributed by atoms with Gasteiger partial charge in [0.05, 0.1) is 0 Å². The van der Waals surface area contributed by atoms with Gasteiger partial charge < -0.3 is 28.9 Å². The molecule has 1 saturated heterocycles. The van der Waals surface area contributed by atoms with E-state index in [0.29, 0.717) is 0 Å². The van der Waals surface area contributed by atoms with Crippen LogP contribution in [0.15, 0.2) is 91.0 Å². The van der Waals surface area contributed by atoms with Crippen molar-refractivity contribution >= 4 is 35.6 Å². The van der Waals surface area contributed by atoms with Gasteiger partial charge in [0.25, 0.3) is 17.7 Å². The molecule has 0 spiro atoms. The Hall–Kier alpha value is -5.52. The van der Waals surface area contributed by atoms with Gasteiger partial charge in [0.1, 0.15) is 18.1 Å². The molecule has 0 radical (unpaired) electrons. The first-order valence-electron chi connectivity index (χ1n) is 19.5. The predicted molar refractivity (Wildman–Crippen MR) is 214 cm³/mol. The van der Waals surface area contributed by atoms with E-state index in [1.54, 1.807) is 114 Å². The van der Waals surface area contributed by atoms with Crippen molar-refractivity contribution in [1.29, 1.82) is 0 Å². The molecule has 0 saturated carbocycles. The Morgan fingerprint density at radius 1 is 0.404 bits per heavy atom. The number of carbonyl (C=O) groups excluding carboxylic acids is 6. The lowest BCUT2D eigenvalue weighted by atomic mass is 9.99. The molecule has 0 bridgehead atoms. The van der Waals surface area contributed by atoms with E-state index < -0.39 is 89.8 Å². The van der Waals surface area contributed by atoms with Crippen LogP contribution < -0.4 is 0 Å². The Kier molecular flexibility index (Phi) is 15.6. The first-order valence-corrected chi connectivity index (χ1v) is 19.5.